The zero-order chi connectivity index (χ0) is 11.9. The van der Waals surface area contributed by atoms with Gasteiger partial charge in [0, 0.05) is 38.9 Å². The quantitative estimate of drug-likeness (QED) is 0.767. The molecule has 0 atom stereocenters. The van der Waals surface area contributed by atoms with Gasteiger partial charge in [0.1, 0.15) is 0 Å². The van der Waals surface area contributed by atoms with Crippen LogP contribution in [-0.4, -0.2) is 49.3 Å². The highest BCUT2D eigenvalue weighted by atomic mass is 16.5. The minimum atomic E-state index is 0.858. The molecular formula is C13H21N3O. The first kappa shape index (κ1) is 12.5. The number of nitrogens with zero attached hydrogens (tertiary/aromatic N) is 2. The zero-order valence-electron chi connectivity index (χ0n) is 10.5. The van der Waals surface area contributed by atoms with Gasteiger partial charge in [0.15, 0.2) is 0 Å². The van der Waals surface area contributed by atoms with E-state index in [4.69, 9.17) is 4.74 Å². The first-order valence-corrected chi connectivity index (χ1v) is 6.27. The molecule has 0 unspecified atom stereocenters. The van der Waals surface area contributed by atoms with E-state index in [0.717, 1.165) is 51.6 Å². The number of hydrogen-bond donors (Lipinski definition) is 1. The summed E-state index contributed by atoms with van der Waals surface area (Å²) >= 11 is 0. The van der Waals surface area contributed by atoms with Gasteiger partial charge in [-0.1, -0.05) is 6.07 Å². The van der Waals surface area contributed by atoms with Crippen LogP contribution in [0, 0.1) is 6.92 Å². The standard InChI is InChI=1S/C13H21N3O/c1-12-3-2-4-15-13(12)11-14-5-6-16-7-9-17-10-8-16/h2-4,14H,5-11H2,1H3. The summed E-state index contributed by atoms with van der Waals surface area (Å²) in [4.78, 5) is 6.80. The average Bonchev–Trinajstić information content (AvgIpc) is 2.38. The molecule has 94 valence electrons. The number of aryl methyl sites for hydroxylation is 1. The van der Waals surface area contributed by atoms with Gasteiger partial charge in [0.05, 0.1) is 18.9 Å². The molecule has 17 heavy (non-hydrogen) atoms. The summed E-state index contributed by atoms with van der Waals surface area (Å²) in [6.45, 7) is 8.93. The third kappa shape index (κ3) is 4.07. The van der Waals surface area contributed by atoms with Gasteiger partial charge in [-0.15, -0.1) is 0 Å². The first-order chi connectivity index (χ1) is 8.36. The van der Waals surface area contributed by atoms with Crippen molar-refractivity contribution >= 4 is 0 Å². The van der Waals surface area contributed by atoms with Gasteiger partial charge in [-0.25, -0.2) is 0 Å². The molecule has 1 fully saturated rings. The molecule has 1 aromatic rings. The van der Waals surface area contributed by atoms with E-state index in [1.54, 1.807) is 0 Å². The van der Waals surface area contributed by atoms with Crippen LogP contribution >= 0.6 is 0 Å². The van der Waals surface area contributed by atoms with E-state index in [1.807, 2.05) is 12.3 Å². The van der Waals surface area contributed by atoms with E-state index in [0.29, 0.717) is 0 Å². The summed E-state index contributed by atoms with van der Waals surface area (Å²) in [6, 6.07) is 4.08. The van der Waals surface area contributed by atoms with Crippen molar-refractivity contribution in [3.63, 3.8) is 0 Å². The van der Waals surface area contributed by atoms with Crippen LogP contribution < -0.4 is 5.32 Å². The van der Waals surface area contributed by atoms with E-state index >= 15 is 0 Å². The fourth-order valence-corrected chi connectivity index (χ4v) is 1.97. The van der Waals surface area contributed by atoms with Crippen molar-refractivity contribution in [3.8, 4) is 0 Å². The highest BCUT2D eigenvalue weighted by molar-refractivity contribution is 5.17. The lowest BCUT2D eigenvalue weighted by Crippen LogP contribution is -2.40. The molecule has 0 aromatic carbocycles. The van der Waals surface area contributed by atoms with Crippen molar-refractivity contribution in [1.29, 1.82) is 0 Å². The summed E-state index contributed by atoms with van der Waals surface area (Å²) in [5.74, 6) is 0. The van der Waals surface area contributed by atoms with E-state index in [9.17, 15) is 0 Å². The van der Waals surface area contributed by atoms with E-state index in [2.05, 4.69) is 28.2 Å². The van der Waals surface area contributed by atoms with Crippen molar-refractivity contribution in [2.24, 2.45) is 0 Å². The summed E-state index contributed by atoms with van der Waals surface area (Å²) in [6.07, 6.45) is 1.85. The Morgan fingerprint density at radius 1 is 1.41 bits per heavy atom. The largest absolute Gasteiger partial charge is 0.379 e. The number of ether oxygens (including phenoxy) is 1. The minimum absolute atomic E-state index is 0.858. The maximum absolute atomic E-state index is 5.32. The van der Waals surface area contributed by atoms with Crippen LogP contribution in [0.4, 0.5) is 0 Å². The number of morpholine rings is 1. The first-order valence-electron chi connectivity index (χ1n) is 6.27. The van der Waals surface area contributed by atoms with Crippen molar-refractivity contribution in [2.75, 3.05) is 39.4 Å². The molecule has 1 aromatic heterocycles. The van der Waals surface area contributed by atoms with Crippen molar-refractivity contribution < 1.29 is 4.74 Å². The Labute approximate surface area is 103 Å². The van der Waals surface area contributed by atoms with Crippen molar-refractivity contribution in [1.82, 2.24) is 15.2 Å². The predicted molar refractivity (Wildman–Crippen MR) is 67.9 cm³/mol. The Morgan fingerprint density at radius 2 is 2.24 bits per heavy atom. The molecule has 0 radical (unpaired) electrons. The lowest BCUT2D eigenvalue weighted by atomic mass is 10.2. The van der Waals surface area contributed by atoms with Crippen LogP contribution in [0.1, 0.15) is 11.3 Å². The molecule has 1 saturated heterocycles. The molecule has 0 amide bonds. The molecule has 2 rings (SSSR count). The minimum Gasteiger partial charge on any atom is -0.379 e. The Morgan fingerprint density at radius 3 is 3.00 bits per heavy atom. The molecule has 4 nitrogen and oxygen atoms in total. The maximum atomic E-state index is 5.32. The summed E-state index contributed by atoms with van der Waals surface area (Å²) < 4.78 is 5.32. The Hall–Kier alpha value is -0.970. The highest BCUT2D eigenvalue weighted by Crippen LogP contribution is 2.02. The molecule has 0 spiro atoms. The van der Waals surface area contributed by atoms with Crippen LogP contribution in [0.5, 0.6) is 0 Å². The molecule has 2 heterocycles. The van der Waals surface area contributed by atoms with Gasteiger partial charge in [-0.2, -0.15) is 0 Å². The molecule has 1 aliphatic rings. The Balaban J connectivity index is 1.64. The number of aromatic nitrogens is 1. The lowest BCUT2D eigenvalue weighted by Gasteiger charge is -2.26. The average molecular weight is 235 g/mol. The molecule has 0 bridgehead atoms. The summed E-state index contributed by atoms with van der Waals surface area (Å²) in [5, 5.41) is 3.44. The summed E-state index contributed by atoms with van der Waals surface area (Å²) in [7, 11) is 0. The third-order valence-corrected chi connectivity index (χ3v) is 3.12. The SMILES string of the molecule is Cc1cccnc1CNCCN1CCOCC1. The lowest BCUT2D eigenvalue weighted by molar-refractivity contribution is 0.0384. The molecule has 4 heteroatoms. The van der Waals surface area contributed by atoms with E-state index in [1.165, 1.54) is 5.56 Å². The molecule has 1 N–H and O–H groups in total. The second-order valence-corrected chi connectivity index (χ2v) is 4.40. The molecule has 0 saturated carbocycles. The monoisotopic (exact) mass is 235 g/mol. The fourth-order valence-electron chi connectivity index (χ4n) is 1.97. The smallest absolute Gasteiger partial charge is 0.0594 e. The number of pyridine rings is 1. The van der Waals surface area contributed by atoms with Gasteiger partial charge >= 0.3 is 0 Å². The van der Waals surface area contributed by atoms with Crippen molar-refractivity contribution in [2.45, 2.75) is 13.5 Å². The summed E-state index contributed by atoms with van der Waals surface area (Å²) in [5.41, 5.74) is 2.40. The molecule has 0 aliphatic carbocycles. The van der Waals surface area contributed by atoms with Crippen LogP contribution in [0.3, 0.4) is 0 Å². The number of rotatable bonds is 5. The van der Waals surface area contributed by atoms with Gasteiger partial charge in [0.2, 0.25) is 0 Å². The van der Waals surface area contributed by atoms with Gasteiger partial charge in [-0.3, -0.25) is 9.88 Å². The normalized spacial score (nSPS) is 17.2. The predicted octanol–water partition coefficient (Wildman–Crippen LogP) is 0.812. The second-order valence-electron chi connectivity index (χ2n) is 4.40. The number of nitrogens with one attached hydrogen (secondary N) is 1. The zero-order valence-corrected chi connectivity index (χ0v) is 10.5. The second kappa shape index (κ2) is 6.69. The van der Waals surface area contributed by atoms with Gasteiger partial charge in [0.25, 0.3) is 0 Å². The van der Waals surface area contributed by atoms with Crippen LogP contribution in [0.15, 0.2) is 18.3 Å². The Kier molecular flexibility index (Phi) is 4.91. The third-order valence-electron chi connectivity index (χ3n) is 3.12. The topological polar surface area (TPSA) is 37.4 Å². The van der Waals surface area contributed by atoms with Gasteiger partial charge < -0.3 is 10.1 Å². The highest BCUT2D eigenvalue weighted by Gasteiger charge is 2.09. The molecular weight excluding hydrogens is 214 g/mol. The maximum Gasteiger partial charge on any atom is 0.0594 e. The van der Waals surface area contributed by atoms with Gasteiger partial charge in [-0.05, 0) is 18.6 Å². The van der Waals surface area contributed by atoms with Crippen LogP contribution in [-0.2, 0) is 11.3 Å². The van der Waals surface area contributed by atoms with Crippen LogP contribution in [0.2, 0.25) is 0 Å². The molecule has 1 aliphatic heterocycles. The Bertz CT molecular complexity index is 337. The van der Waals surface area contributed by atoms with Crippen LogP contribution in [0.25, 0.3) is 0 Å². The van der Waals surface area contributed by atoms with E-state index in [-0.39, 0.29) is 0 Å². The number of hydrogen-bond acceptors (Lipinski definition) is 4. The van der Waals surface area contributed by atoms with Crippen molar-refractivity contribution in [3.05, 3.63) is 29.6 Å². The fraction of sp³-hybridized carbons (Fsp3) is 0.615. The van der Waals surface area contributed by atoms with E-state index < -0.39 is 0 Å².